The Balaban J connectivity index is 2.10. The smallest absolute Gasteiger partial charge is 0.163 e. The minimum Gasteiger partial charge on any atom is -0.486 e. The minimum absolute atomic E-state index is 0.160. The summed E-state index contributed by atoms with van der Waals surface area (Å²) in [7, 11) is 0. The third-order valence-corrected chi connectivity index (χ3v) is 3.00. The molecule has 4 nitrogen and oxygen atoms in total. The monoisotopic (exact) mass is 241 g/mol. The van der Waals surface area contributed by atoms with Crippen LogP contribution in [-0.2, 0) is 6.42 Å². The van der Waals surface area contributed by atoms with E-state index >= 15 is 0 Å². The Morgan fingerprint density at radius 1 is 1.22 bits per heavy atom. The molecule has 0 bridgehead atoms. The number of nitrogen functional groups attached to an aromatic ring is 1. The number of nitrogens with two attached hydrogens (primary N) is 1. The van der Waals surface area contributed by atoms with Crippen molar-refractivity contribution in [1.29, 1.82) is 0 Å². The predicted octanol–water partition coefficient (Wildman–Crippen LogP) is 2.44. The fourth-order valence-electron chi connectivity index (χ4n) is 2.27. The molecule has 1 aromatic heterocycles. The van der Waals surface area contributed by atoms with Gasteiger partial charge in [-0.1, -0.05) is 12.1 Å². The van der Waals surface area contributed by atoms with E-state index in [-0.39, 0.29) is 5.60 Å². The Kier molecular flexibility index (Phi) is 2.26. The van der Waals surface area contributed by atoms with Crippen LogP contribution < -0.4 is 10.5 Å². The van der Waals surface area contributed by atoms with Crippen LogP contribution in [0.1, 0.15) is 19.4 Å². The van der Waals surface area contributed by atoms with Crippen molar-refractivity contribution in [2.75, 3.05) is 5.73 Å². The topological polar surface area (TPSA) is 61.0 Å². The molecule has 18 heavy (non-hydrogen) atoms. The molecular formula is C14H15N3O. The zero-order chi connectivity index (χ0) is 12.8. The number of benzene rings is 1. The van der Waals surface area contributed by atoms with Crippen molar-refractivity contribution >= 4 is 5.69 Å². The average Bonchev–Trinajstić information content (AvgIpc) is 2.64. The van der Waals surface area contributed by atoms with Gasteiger partial charge in [-0.25, -0.2) is 9.97 Å². The lowest BCUT2D eigenvalue weighted by molar-refractivity contribution is 0.139. The molecule has 0 saturated carbocycles. The molecular weight excluding hydrogens is 226 g/mol. The van der Waals surface area contributed by atoms with Gasteiger partial charge in [-0.2, -0.15) is 0 Å². The van der Waals surface area contributed by atoms with Gasteiger partial charge >= 0.3 is 0 Å². The summed E-state index contributed by atoms with van der Waals surface area (Å²) in [5.74, 6) is 1.55. The lowest BCUT2D eigenvalue weighted by Crippen LogP contribution is -2.24. The van der Waals surface area contributed by atoms with Crippen LogP contribution in [0.5, 0.6) is 5.75 Å². The molecule has 2 N–H and O–H groups in total. The largest absolute Gasteiger partial charge is 0.486 e. The van der Waals surface area contributed by atoms with Crippen molar-refractivity contribution in [2.24, 2.45) is 0 Å². The van der Waals surface area contributed by atoms with Crippen LogP contribution in [0.15, 0.2) is 30.6 Å². The molecule has 0 spiro atoms. The standard InChI is InChI=1S/C14H15N3O/c1-14(2)6-9-4-3-5-11(12(9)18-14)13-16-7-10(15)8-17-13/h3-5,7-8H,6,15H2,1-2H3. The highest BCUT2D eigenvalue weighted by Gasteiger charge is 2.32. The summed E-state index contributed by atoms with van der Waals surface area (Å²) in [5.41, 5.74) is 8.14. The fourth-order valence-corrected chi connectivity index (χ4v) is 2.27. The Labute approximate surface area is 106 Å². The summed E-state index contributed by atoms with van der Waals surface area (Å²) in [4.78, 5) is 8.52. The van der Waals surface area contributed by atoms with Crippen LogP contribution in [0.3, 0.4) is 0 Å². The highest BCUT2D eigenvalue weighted by atomic mass is 16.5. The van der Waals surface area contributed by atoms with Gasteiger partial charge in [0.2, 0.25) is 0 Å². The van der Waals surface area contributed by atoms with Gasteiger partial charge in [0.25, 0.3) is 0 Å². The quantitative estimate of drug-likeness (QED) is 0.833. The zero-order valence-electron chi connectivity index (χ0n) is 10.5. The first-order valence-electron chi connectivity index (χ1n) is 5.94. The number of ether oxygens (including phenoxy) is 1. The van der Waals surface area contributed by atoms with E-state index in [1.807, 2.05) is 12.1 Å². The van der Waals surface area contributed by atoms with Crippen molar-refractivity contribution in [3.05, 3.63) is 36.2 Å². The van der Waals surface area contributed by atoms with Crippen LogP contribution in [-0.4, -0.2) is 15.6 Å². The second kappa shape index (κ2) is 3.70. The summed E-state index contributed by atoms with van der Waals surface area (Å²) in [5, 5.41) is 0. The van der Waals surface area contributed by atoms with Gasteiger partial charge in [-0.15, -0.1) is 0 Å². The molecule has 3 rings (SSSR count). The Bertz CT molecular complexity index is 590. The summed E-state index contributed by atoms with van der Waals surface area (Å²) in [6, 6.07) is 6.08. The van der Waals surface area contributed by atoms with Gasteiger partial charge in [0.15, 0.2) is 5.82 Å². The van der Waals surface area contributed by atoms with Gasteiger partial charge in [0, 0.05) is 6.42 Å². The summed E-state index contributed by atoms with van der Waals surface area (Å²) in [6.45, 7) is 4.17. The number of nitrogens with zero attached hydrogens (tertiary/aromatic N) is 2. The summed E-state index contributed by atoms with van der Waals surface area (Å²) >= 11 is 0. The van der Waals surface area contributed by atoms with E-state index in [1.54, 1.807) is 12.4 Å². The maximum atomic E-state index is 6.00. The first-order chi connectivity index (χ1) is 8.55. The lowest BCUT2D eigenvalue weighted by Gasteiger charge is -2.17. The first kappa shape index (κ1) is 11.0. The Hall–Kier alpha value is -2.10. The van der Waals surface area contributed by atoms with E-state index in [2.05, 4.69) is 29.9 Å². The van der Waals surface area contributed by atoms with E-state index < -0.39 is 0 Å². The number of anilines is 1. The van der Waals surface area contributed by atoms with Gasteiger partial charge in [-0.3, -0.25) is 0 Å². The fraction of sp³-hybridized carbons (Fsp3) is 0.286. The van der Waals surface area contributed by atoms with Crippen molar-refractivity contribution < 1.29 is 4.74 Å². The maximum Gasteiger partial charge on any atom is 0.163 e. The van der Waals surface area contributed by atoms with E-state index in [4.69, 9.17) is 10.5 Å². The summed E-state index contributed by atoms with van der Waals surface area (Å²) in [6.07, 6.45) is 4.13. The molecule has 1 aromatic carbocycles. The number of hydrogen-bond donors (Lipinski definition) is 1. The van der Waals surface area contributed by atoms with Gasteiger partial charge in [-0.05, 0) is 25.5 Å². The van der Waals surface area contributed by atoms with Crippen LogP contribution in [0.2, 0.25) is 0 Å². The van der Waals surface area contributed by atoms with Crippen LogP contribution in [0.25, 0.3) is 11.4 Å². The number of hydrogen-bond acceptors (Lipinski definition) is 4. The number of para-hydroxylation sites is 1. The normalized spacial score (nSPS) is 16.1. The highest BCUT2D eigenvalue weighted by molar-refractivity contribution is 5.68. The zero-order valence-corrected chi connectivity index (χ0v) is 10.5. The maximum absolute atomic E-state index is 6.00. The summed E-state index contributed by atoms with van der Waals surface area (Å²) < 4.78 is 6.00. The van der Waals surface area contributed by atoms with Crippen LogP contribution >= 0.6 is 0 Å². The molecule has 92 valence electrons. The highest BCUT2D eigenvalue weighted by Crippen LogP contribution is 2.41. The molecule has 1 aliphatic rings. The molecule has 0 unspecified atom stereocenters. The van der Waals surface area contributed by atoms with Crippen molar-refractivity contribution in [3.8, 4) is 17.1 Å². The third kappa shape index (κ3) is 1.79. The lowest BCUT2D eigenvalue weighted by atomic mass is 10.0. The van der Waals surface area contributed by atoms with Crippen molar-refractivity contribution in [3.63, 3.8) is 0 Å². The second-order valence-electron chi connectivity index (χ2n) is 5.17. The average molecular weight is 241 g/mol. The first-order valence-corrected chi connectivity index (χ1v) is 5.94. The molecule has 0 atom stereocenters. The van der Waals surface area contributed by atoms with E-state index in [1.165, 1.54) is 5.56 Å². The predicted molar refractivity (Wildman–Crippen MR) is 70.3 cm³/mol. The SMILES string of the molecule is CC1(C)Cc2cccc(-c3ncc(N)cn3)c2O1. The van der Waals surface area contributed by atoms with E-state index in [9.17, 15) is 0 Å². The number of fused-ring (bicyclic) bond motifs is 1. The molecule has 0 fully saturated rings. The molecule has 1 aliphatic heterocycles. The number of rotatable bonds is 1. The molecule has 0 radical (unpaired) electrons. The molecule has 2 aromatic rings. The molecule has 0 aliphatic carbocycles. The van der Waals surface area contributed by atoms with E-state index in [0.717, 1.165) is 17.7 Å². The van der Waals surface area contributed by atoms with Crippen molar-refractivity contribution in [2.45, 2.75) is 25.9 Å². The van der Waals surface area contributed by atoms with Crippen LogP contribution in [0, 0.1) is 0 Å². The van der Waals surface area contributed by atoms with Gasteiger partial charge < -0.3 is 10.5 Å². The third-order valence-electron chi connectivity index (χ3n) is 3.00. The Morgan fingerprint density at radius 2 is 1.94 bits per heavy atom. The second-order valence-corrected chi connectivity index (χ2v) is 5.17. The van der Waals surface area contributed by atoms with Crippen molar-refractivity contribution in [1.82, 2.24) is 9.97 Å². The number of aromatic nitrogens is 2. The molecule has 0 saturated heterocycles. The van der Waals surface area contributed by atoms with Gasteiger partial charge in [0.1, 0.15) is 11.4 Å². The van der Waals surface area contributed by atoms with E-state index in [0.29, 0.717) is 11.5 Å². The Morgan fingerprint density at radius 3 is 2.67 bits per heavy atom. The molecule has 4 heteroatoms. The molecule has 2 heterocycles. The van der Waals surface area contributed by atoms with Gasteiger partial charge in [0.05, 0.1) is 23.6 Å². The minimum atomic E-state index is -0.160. The van der Waals surface area contributed by atoms with Crippen LogP contribution in [0.4, 0.5) is 5.69 Å². The molecule has 0 amide bonds.